The monoisotopic (exact) mass is 301 g/mol. The summed E-state index contributed by atoms with van der Waals surface area (Å²) in [6.07, 6.45) is 0.188. The second-order valence-corrected chi connectivity index (χ2v) is 5.80. The highest BCUT2D eigenvalue weighted by molar-refractivity contribution is 5.57. The second kappa shape index (κ2) is 7.15. The van der Waals surface area contributed by atoms with Crippen LogP contribution in [0.4, 0.5) is 0 Å². The minimum absolute atomic E-state index is 0.188. The maximum atomic E-state index is 5.75. The lowest BCUT2D eigenvalue weighted by atomic mass is 9.85. The van der Waals surface area contributed by atoms with Crippen LogP contribution in [0.5, 0.6) is 5.75 Å². The molecule has 0 unspecified atom stereocenters. The Labute approximate surface area is 138 Å². The molecule has 23 heavy (non-hydrogen) atoms. The molecule has 0 N–H and O–H groups in total. The average molecular weight is 301 g/mol. The van der Waals surface area contributed by atoms with Crippen molar-refractivity contribution in [3.8, 4) is 5.75 Å². The van der Waals surface area contributed by atoms with Gasteiger partial charge in [0.05, 0.1) is 12.0 Å². The molecule has 0 saturated heterocycles. The van der Waals surface area contributed by atoms with Gasteiger partial charge >= 0.3 is 0 Å². The molecule has 0 aliphatic rings. The highest BCUT2D eigenvalue weighted by Crippen LogP contribution is 2.31. The van der Waals surface area contributed by atoms with Crippen molar-refractivity contribution in [2.45, 2.75) is 20.0 Å². The van der Waals surface area contributed by atoms with E-state index in [1.807, 2.05) is 38.1 Å². The smallest absolute Gasteiger partial charge is 0.119 e. The summed E-state index contributed by atoms with van der Waals surface area (Å²) in [5, 5.41) is 0. The van der Waals surface area contributed by atoms with E-state index in [2.05, 4.69) is 60.7 Å². The third-order valence-corrected chi connectivity index (χ3v) is 3.64. The van der Waals surface area contributed by atoms with Crippen LogP contribution in [0.2, 0.25) is 0 Å². The van der Waals surface area contributed by atoms with E-state index in [0.29, 0.717) is 0 Å². The Balaban J connectivity index is 1.99. The number of hydrogen-bond acceptors (Lipinski definition) is 1. The van der Waals surface area contributed by atoms with E-state index >= 15 is 0 Å². The zero-order valence-electron chi connectivity index (χ0n) is 13.6. The molecule has 3 rings (SSSR count). The molecule has 0 aliphatic heterocycles. The number of ether oxygens (including phenoxy) is 1. The van der Waals surface area contributed by atoms with Gasteiger partial charge in [0.1, 0.15) is 5.75 Å². The van der Waals surface area contributed by atoms with Gasteiger partial charge in [0.15, 0.2) is 0 Å². The SMILES string of the molecule is CC(C)Oc1ccc([C](c2ccccc2)c2ccccc2)cc1. The minimum atomic E-state index is 0.188. The van der Waals surface area contributed by atoms with E-state index < -0.39 is 0 Å². The van der Waals surface area contributed by atoms with Crippen LogP contribution < -0.4 is 4.74 Å². The van der Waals surface area contributed by atoms with Crippen molar-refractivity contribution >= 4 is 0 Å². The largest absolute Gasteiger partial charge is 0.491 e. The van der Waals surface area contributed by atoms with Crippen molar-refractivity contribution < 1.29 is 4.74 Å². The van der Waals surface area contributed by atoms with Gasteiger partial charge in [0.25, 0.3) is 0 Å². The van der Waals surface area contributed by atoms with Gasteiger partial charge in [-0.05, 0) is 42.7 Å². The minimum Gasteiger partial charge on any atom is -0.491 e. The first-order valence-electron chi connectivity index (χ1n) is 7.99. The average Bonchev–Trinajstić information content (AvgIpc) is 2.58. The maximum Gasteiger partial charge on any atom is 0.119 e. The Kier molecular flexibility index (Phi) is 4.77. The summed E-state index contributed by atoms with van der Waals surface area (Å²) >= 11 is 0. The Hall–Kier alpha value is -2.54. The van der Waals surface area contributed by atoms with Gasteiger partial charge in [0.2, 0.25) is 0 Å². The second-order valence-electron chi connectivity index (χ2n) is 5.80. The summed E-state index contributed by atoms with van der Waals surface area (Å²) < 4.78 is 5.75. The van der Waals surface area contributed by atoms with E-state index in [-0.39, 0.29) is 6.10 Å². The summed E-state index contributed by atoms with van der Waals surface area (Å²) in [5.41, 5.74) is 3.63. The highest BCUT2D eigenvalue weighted by atomic mass is 16.5. The fraction of sp³-hybridized carbons (Fsp3) is 0.136. The van der Waals surface area contributed by atoms with Gasteiger partial charge < -0.3 is 4.74 Å². The predicted molar refractivity (Wildman–Crippen MR) is 95.6 cm³/mol. The molecule has 0 bridgehead atoms. The summed E-state index contributed by atoms with van der Waals surface area (Å²) in [4.78, 5) is 0. The van der Waals surface area contributed by atoms with Gasteiger partial charge in [-0.25, -0.2) is 0 Å². The Bertz CT molecular complexity index is 675. The summed E-state index contributed by atoms with van der Waals surface area (Å²) in [7, 11) is 0. The molecule has 0 saturated carbocycles. The molecular formula is C22H21O. The third kappa shape index (κ3) is 3.81. The Morgan fingerprint density at radius 3 is 1.48 bits per heavy atom. The molecule has 0 amide bonds. The van der Waals surface area contributed by atoms with Crippen molar-refractivity contribution in [3.05, 3.63) is 108 Å². The molecule has 0 heterocycles. The fourth-order valence-electron chi connectivity index (χ4n) is 2.68. The molecule has 0 fully saturated rings. The molecule has 0 aliphatic carbocycles. The lowest BCUT2D eigenvalue weighted by Gasteiger charge is -2.18. The molecule has 1 radical (unpaired) electrons. The number of benzene rings is 3. The molecule has 1 heteroatoms. The molecule has 0 aromatic heterocycles. The van der Waals surface area contributed by atoms with Gasteiger partial charge in [0, 0.05) is 0 Å². The van der Waals surface area contributed by atoms with Crippen LogP contribution in [0, 0.1) is 5.92 Å². The van der Waals surface area contributed by atoms with Gasteiger partial charge in [-0.15, -0.1) is 0 Å². The number of hydrogen-bond donors (Lipinski definition) is 0. The van der Waals surface area contributed by atoms with Crippen LogP contribution in [0.1, 0.15) is 30.5 Å². The Morgan fingerprint density at radius 1 is 0.609 bits per heavy atom. The van der Waals surface area contributed by atoms with Crippen LogP contribution in [0.15, 0.2) is 84.9 Å². The van der Waals surface area contributed by atoms with Crippen molar-refractivity contribution in [1.29, 1.82) is 0 Å². The molecule has 3 aromatic rings. The van der Waals surface area contributed by atoms with Gasteiger partial charge in [-0.1, -0.05) is 72.8 Å². The van der Waals surface area contributed by atoms with E-state index in [1.54, 1.807) is 0 Å². The van der Waals surface area contributed by atoms with Crippen molar-refractivity contribution in [2.75, 3.05) is 0 Å². The standard InChI is InChI=1S/C22H21O/c1-17(2)23-21-15-13-20(14-16-21)22(18-9-5-3-6-10-18)19-11-7-4-8-12-19/h3-17H,1-2H3. The first-order valence-corrected chi connectivity index (χ1v) is 7.99. The van der Waals surface area contributed by atoms with Crippen molar-refractivity contribution in [3.63, 3.8) is 0 Å². The molecule has 0 spiro atoms. The van der Waals surface area contributed by atoms with E-state index in [1.165, 1.54) is 22.6 Å². The topological polar surface area (TPSA) is 9.23 Å². The first kappa shape index (κ1) is 15.4. The molecule has 1 nitrogen and oxygen atoms in total. The zero-order valence-corrected chi connectivity index (χ0v) is 13.6. The summed E-state index contributed by atoms with van der Waals surface area (Å²) in [6.45, 7) is 4.08. The predicted octanol–water partition coefficient (Wildman–Crippen LogP) is 5.49. The zero-order chi connectivity index (χ0) is 16.1. The van der Waals surface area contributed by atoms with Gasteiger partial charge in [-0.2, -0.15) is 0 Å². The highest BCUT2D eigenvalue weighted by Gasteiger charge is 2.17. The summed E-state index contributed by atoms with van der Waals surface area (Å²) in [6, 6.07) is 29.4. The lowest BCUT2D eigenvalue weighted by Crippen LogP contribution is -2.07. The summed E-state index contributed by atoms with van der Waals surface area (Å²) in [5.74, 6) is 2.14. The molecular weight excluding hydrogens is 280 g/mol. The Morgan fingerprint density at radius 2 is 1.04 bits per heavy atom. The van der Waals surface area contributed by atoms with E-state index in [4.69, 9.17) is 4.74 Å². The maximum absolute atomic E-state index is 5.75. The molecule has 3 aromatic carbocycles. The van der Waals surface area contributed by atoms with Crippen LogP contribution in [0.25, 0.3) is 0 Å². The van der Waals surface area contributed by atoms with Crippen LogP contribution in [-0.2, 0) is 0 Å². The first-order chi connectivity index (χ1) is 11.2. The van der Waals surface area contributed by atoms with Crippen LogP contribution >= 0.6 is 0 Å². The molecule has 0 atom stereocenters. The van der Waals surface area contributed by atoms with E-state index in [9.17, 15) is 0 Å². The third-order valence-electron chi connectivity index (χ3n) is 3.64. The quantitative estimate of drug-likeness (QED) is 0.566. The van der Waals surface area contributed by atoms with Crippen molar-refractivity contribution in [1.82, 2.24) is 0 Å². The van der Waals surface area contributed by atoms with E-state index in [0.717, 1.165) is 5.75 Å². The van der Waals surface area contributed by atoms with Crippen LogP contribution in [0.3, 0.4) is 0 Å². The fourth-order valence-corrected chi connectivity index (χ4v) is 2.68. The van der Waals surface area contributed by atoms with Gasteiger partial charge in [-0.3, -0.25) is 0 Å². The van der Waals surface area contributed by atoms with Crippen LogP contribution in [-0.4, -0.2) is 6.10 Å². The number of rotatable bonds is 5. The van der Waals surface area contributed by atoms with Crippen molar-refractivity contribution in [2.24, 2.45) is 0 Å². The normalized spacial score (nSPS) is 11.0. The lowest BCUT2D eigenvalue weighted by molar-refractivity contribution is 0.242. The molecule has 115 valence electrons.